The summed E-state index contributed by atoms with van der Waals surface area (Å²) >= 11 is 0. The lowest BCUT2D eigenvalue weighted by molar-refractivity contribution is 0.111. The van der Waals surface area contributed by atoms with Gasteiger partial charge in [0.1, 0.15) is 5.75 Å². The van der Waals surface area contributed by atoms with E-state index in [-0.39, 0.29) is 6.03 Å². The van der Waals surface area contributed by atoms with Crippen molar-refractivity contribution in [2.24, 2.45) is 0 Å². The zero-order valence-corrected chi connectivity index (χ0v) is 12.8. The molecule has 0 aromatic heterocycles. The van der Waals surface area contributed by atoms with E-state index in [1.807, 2.05) is 29.1 Å². The first-order chi connectivity index (χ1) is 10.6. The van der Waals surface area contributed by atoms with Crippen molar-refractivity contribution in [1.82, 2.24) is 14.7 Å². The number of hydrogen-bond acceptors (Lipinski definition) is 4. The van der Waals surface area contributed by atoms with Gasteiger partial charge in [0.15, 0.2) is 6.29 Å². The van der Waals surface area contributed by atoms with Crippen molar-refractivity contribution in [3.8, 4) is 5.75 Å². The lowest BCUT2D eigenvalue weighted by atomic mass is 9.94. The first-order valence-electron chi connectivity index (χ1n) is 7.22. The SMILES string of the molecule is COc1ccc2c(c1C=O)CCN(C(=O)N1C=CN(C)C1)C2. The highest BCUT2D eigenvalue weighted by atomic mass is 16.5. The summed E-state index contributed by atoms with van der Waals surface area (Å²) in [6, 6.07) is 3.72. The van der Waals surface area contributed by atoms with Crippen molar-refractivity contribution in [2.45, 2.75) is 13.0 Å². The highest BCUT2D eigenvalue weighted by Gasteiger charge is 2.27. The maximum absolute atomic E-state index is 12.5. The van der Waals surface area contributed by atoms with Crippen LogP contribution in [0.3, 0.4) is 0 Å². The van der Waals surface area contributed by atoms with E-state index in [1.165, 1.54) is 0 Å². The van der Waals surface area contributed by atoms with Gasteiger partial charge in [0.2, 0.25) is 0 Å². The average Bonchev–Trinajstić information content (AvgIpc) is 2.98. The van der Waals surface area contributed by atoms with E-state index in [2.05, 4.69) is 0 Å². The number of aldehydes is 1. The monoisotopic (exact) mass is 301 g/mol. The third-order valence-electron chi connectivity index (χ3n) is 4.14. The van der Waals surface area contributed by atoms with Crippen LogP contribution >= 0.6 is 0 Å². The predicted molar refractivity (Wildman–Crippen MR) is 81.5 cm³/mol. The molecular formula is C16H19N3O3. The minimum absolute atomic E-state index is 0.00489. The molecule has 0 saturated carbocycles. The van der Waals surface area contributed by atoms with Crippen molar-refractivity contribution in [1.29, 1.82) is 0 Å². The van der Waals surface area contributed by atoms with Crippen LogP contribution in [0.2, 0.25) is 0 Å². The molecule has 22 heavy (non-hydrogen) atoms. The zero-order valence-electron chi connectivity index (χ0n) is 12.8. The van der Waals surface area contributed by atoms with Crippen LogP contribution in [0.4, 0.5) is 4.79 Å². The molecule has 6 heteroatoms. The third-order valence-corrected chi connectivity index (χ3v) is 4.14. The van der Waals surface area contributed by atoms with Crippen LogP contribution in [0.15, 0.2) is 24.5 Å². The summed E-state index contributed by atoms with van der Waals surface area (Å²) in [6.45, 7) is 1.70. The topological polar surface area (TPSA) is 53.1 Å². The second-order valence-corrected chi connectivity index (χ2v) is 5.56. The molecule has 0 spiro atoms. The van der Waals surface area contributed by atoms with Gasteiger partial charge in [-0.2, -0.15) is 0 Å². The maximum Gasteiger partial charge on any atom is 0.325 e. The number of hydrogen-bond donors (Lipinski definition) is 0. The second kappa shape index (κ2) is 5.71. The molecule has 0 bridgehead atoms. The normalized spacial score (nSPS) is 16.7. The Labute approximate surface area is 129 Å². The van der Waals surface area contributed by atoms with Gasteiger partial charge in [-0.3, -0.25) is 9.69 Å². The molecule has 6 nitrogen and oxygen atoms in total. The molecule has 0 aliphatic carbocycles. The summed E-state index contributed by atoms with van der Waals surface area (Å²) in [5.41, 5.74) is 2.61. The number of rotatable bonds is 2. The fraction of sp³-hybridized carbons (Fsp3) is 0.375. The molecular weight excluding hydrogens is 282 g/mol. The van der Waals surface area contributed by atoms with E-state index in [4.69, 9.17) is 4.74 Å². The maximum atomic E-state index is 12.5. The van der Waals surface area contributed by atoms with E-state index in [9.17, 15) is 9.59 Å². The van der Waals surface area contributed by atoms with Gasteiger partial charge >= 0.3 is 6.03 Å². The largest absolute Gasteiger partial charge is 0.496 e. The fourth-order valence-electron chi connectivity index (χ4n) is 2.97. The van der Waals surface area contributed by atoms with E-state index in [0.29, 0.717) is 37.5 Å². The lowest BCUT2D eigenvalue weighted by Crippen LogP contribution is -2.44. The molecule has 0 fully saturated rings. The van der Waals surface area contributed by atoms with Gasteiger partial charge in [-0.1, -0.05) is 6.07 Å². The number of benzene rings is 1. The molecule has 0 radical (unpaired) electrons. The number of fused-ring (bicyclic) bond motifs is 1. The van der Waals surface area contributed by atoms with E-state index in [1.54, 1.807) is 24.3 Å². The number of carbonyl (C=O) groups is 2. The first kappa shape index (κ1) is 14.4. The Morgan fingerprint density at radius 3 is 2.77 bits per heavy atom. The van der Waals surface area contributed by atoms with Crippen LogP contribution in [0.1, 0.15) is 21.5 Å². The molecule has 2 heterocycles. The molecule has 2 amide bonds. The number of methoxy groups -OCH3 is 1. The molecule has 0 atom stereocenters. The van der Waals surface area contributed by atoms with E-state index < -0.39 is 0 Å². The summed E-state index contributed by atoms with van der Waals surface area (Å²) in [4.78, 5) is 29.3. The van der Waals surface area contributed by atoms with Gasteiger partial charge in [-0.15, -0.1) is 0 Å². The van der Waals surface area contributed by atoms with Crippen LogP contribution in [0.5, 0.6) is 5.75 Å². The molecule has 0 N–H and O–H groups in total. The summed E-state index contributed by atoms with van der Waals surface area (Å²) in [5.74, 6) is 0.595. The Kier molecular flexibility index (Phi) is 3.75. The minimum Gasteiger partial charge on any atom is -0.496 e. The fourth-order valence-corrected chi connectivity index (χ4v) is 2.97. The van der Waals surface area contributed by atoms with Crippen molar-refractivity contribution in [3.05, 3.63) is 41.2 Å². The van der Waals surface area contributed by atoms with E-state index >= 15 is 0 Å². The quantitative estimate of drug-likeness (QED) is 0.780. The molecule has 3 rings (SSSR count). The Hall–Kier alpha value is -2.50. The summed E-state index contributed by atoms with van der Waals surface area (Å²) < 4.78 is 5.24. The minimum atomic E-state index is -0.00489. The second-order valence-electron chi connectivity index (χ2n) is 5.56. The van der Waals surface area contributed by atoms with Crippen LogP contribution in [-0.2, 0) is 13.0 Å². The van der Waals surface area contributed by atoms with Crippen molar-refractivity contribution >= 4 is 12.3 Å². The number of urea groups is 1. The van der Waals surface area contributed by atoms with Crippen molar-refractivity contribution in [2.75, 3.05) is 27.4 Å². The molecule has 2 aliphatic heterocycles. The zero-order chi connectivity index (χ0) is 15.7. The third kappa shape index (κ3) is 2.41. The summed E-state index contributed by atoms with van der Waals surface area (Å²) in [6.07, 6.45) is 5.18. The smallest absolute Gasteiger partial charge is 0.325 e. The molecule has 0 saturated heterocycles. The highest BCUT2D eigenvalue weighted by Crippen LogP contribution is 2.29. The molecule has 2 aliphatic rings. The Morgan fingerprint density at radius 2 is 2.14 bits per heavy atom. The molecule has 1 aromatic carbocycles. The van der Waals surface area contributed by atoms with Gasteiger partial charge in [0.05, 0.1) is 19.3 Å². The molecule has 0 unspecified atom stereocenters. The Bertz CT molecular complexity index is 642. The predicted octanol–water partition coefficient (Wildman–Crippen LogP) is 1.66. The standard InChI is InChI=1S/C16H19N3O3/c1-17-7-8-19(11-17)16(21)18-6-5-13-12(9-18)3-4-15(22-2)14(13)10-20/h3-4,7-8,10H,5-6,9,11H2,1-2H3. The van der Waals surface area contributed by atoms with Gasteiger partial charge in [-0.05, 0) is 23.6 Å². The van der Waals surface area contributed by atoms with Crippen LogP contribution in [-0.4, -0.2) is 54.4 Å². The summed E-state index contributed by atoms with van der Waals surface area (Å²) in [5, 5.41) is 0. The number of nitrogens with zero attached hydrogens (tertiary/aromatic N) is 3. The first-order valence-corrected chi connectivity index (χ1v) is 7.22. The van der Waals surface area contributed by atoms with E-state index in [0.717, 1.165) is 17.4 Å². The number of amides is 2. The number of carbonyl (C=O) groups excluding carboxylic acids is 2. The summed E-state index contributed by atoms with van der Waals surface area (Å²) in [7, 11) is 3.49. The Morgan fingerprint density at radius 1 is 1.32 bits per heavy atom. The van der Waals surface area contributed by atoms with Gasteiger partial charge in [0.25, 0.3) is 0 Å². The van der Waals surface area contributed by atoms with Crippen LogP contribution in [0, 0.1) is 0 Å². The molecule has 116 valence electrons. The average molecular weight is 301 g/mol. The van der Waals surface area contributed by atoms with Crippen LogP contribution in [0.25, 0.3) is 0 Å². The van der Waals surface area contributed by atoms with Crippen molar-refractivity contribution < 1.29 is 14.3 Å². The number of ether oxygens (including phenoxy) is 1. The van der Waals surface area contributed by atoms with Crippen LogP contribution < -0.4 is 4.74 Å². The lowest BCUT2D eigenvalue weighted by Gasteiger charge is -2.32. The Balaban J connectivity index is 1.81. The van der Waals surface area contributed by atoms with Gasteiger partial charge < -0.3 is 14.5 Å². The van der Waals surface area contributed by atoms with Gasteiger partial charge in [0, 0.05) is 32.5 Å². The van der Waals surface area contributed by atoms with Crippen molar-refractivity contribution in [3.63, 3.8) is 0 Å². The van der Waals surface area contributed by atoms with Gasteiger partial charge in [-0.25, -0.2) is 4.79 Å². The highest BCUT2D eigenvalue weighted by molar-refractivity contribution is 5.83. The molecule has 1 aromatic rings.